The lowest BCUT2D eigenvalue weighted by Gasteiger charge is -2.10. The molecule has 0 aliphatic heterocycles. The molecule has 174 valence electrons. The SMILES string of the molecule is C/C(=N/c1ccc(/N=C/c2ccc(/C=N/c3ccc(/N=C(/C)N(C)C)cc3)cc2)cc1)N(C)C. The molecular weight excluding hydrogens is 420 g/mol. The molecule has 0 N–H and O–H groups in total. The van der Waals surface area contributed by atoms with Crippen molar-refractivity contribution in [3.63, 3.8) is 0 Å². The van der Waals surface area contributed by atoms with Crippen LogP contribution in [0.15, 0.2) is 92.8 Å². The third kappa shape index (κ3) is 7.52. The zero-order valence-corrected chi connectivity index (χ0v) is 20.8. The van der Waals surface area contributed by atoms with Gasteiger partial charge < -0.3 is 9.80 Å². The Morgan fingerprint density at radius 1 is 0.500 bits per heavy atom. The van der Waals surface area contributed by atoms with Crippen molar-refractivity contribution in [1.29, 1.82) is 0 Å². The molecule has 0 unspecified atom stereocenters. The van der Waals surface area contributed by atoms with E-state index < -0.39 is 0 Å². The second kappa shape index (κ2) is 11.7. The fourth-order valence-electron chi connectivity index (χ4n) is 2.77. The molecule has 0 aliphatic rings. The van der Waals surface area contributed by atoms with E-state index in [2.05, 4.69) is 20.0 Å². The van der Waals surface area contributed by atoms with E-state index in [1.165, 1.54) is 0 Å². The minimum Gasteiger partial charge on any atom is -0.366 e. The highest BCUT2D eigenvalue weighted by Gasteiger charge is 1.97. The first-order valence-electron chi connectivity index (χ1n) is 11.1. The van der Waals surface area contributed by atoms with Gasteiger partial charge in [0.25, 0.3) is 0 Å². The minimum absolute atomic E-state index is 0.889. The normalized spacial score (nSPS) is 12.5. The predicted molar refractivity (Wildman–Crippen MR) is 147 cm³/mol. The number of hydrogen-bond donors (Lipinski definition) is 0. The van der Waals surface area contributed by atoms with Gasteiger partial charge in [-0.1, -0.05) is 24.3 Å². The van der Waals surface area contributed by atoms with Gasteiger partial charge in [0.05, 0.1) is 22.7 Å². The third-order valence-corrected chi connectivity index (χ3v) is 5.24. The summed E-state index contributed by atoms with van der Waals surface area (Å²) >= 11 is 0. The van der Waals surface area contributed by atoms with Crippen molar-refractivity contribution in [2.45, 2.75) is 13.8 Å². The van der Waals surface area contributed by atoms with Crippen LogP contribution in [-0.4, -0.2) is 62.1 Å². The van der Waals surface area contributed by atoms with E-state index in [9.17, 15) is 0 Å². The van der Waals surface area contributed by atoms with E-state index in [1.54, 1.807) is 0 Å². The van der Waals surface area contributed by atoms with Gasteiger partial charge in [-0.2, -0.15) is 0 Å². The molecule has 6 heteroatoms. The molecule has 0 bridgehead atoms. The fraction of sp³-hybridized carbons (Fsp3) is 0.214. The summed E-state index contributed by atoms with van der Waals surface area (Å²) in [5.41, 5.74) is 5.67. The molecule has 34 heavy (non-hydrogen) atoms. The van der Waals surface area contributed by atoms with Crippen LogP contribution >= 0.6 is 0 Å². The number of nitrogens with zero attached hydrogens (tertiary/aromatic N) is 6. The lowest BCUT2D eigenvalue weighted by molar-refractivity contribution is 0.619. The molecule has 0 spiro atoms. The van der Waals surface area contributed by atoms with E-state index in [0.29, 0.717) is 0 Å². The Labute approximate surface area is 202 Å². The lowest BCUT2D eigenvalue weighted by atomic mass is 10.1. The van der Waals surface area contributed by atoms with E-state index in [0.717, 1.165) is 45.5 Å². The van der Waals surface area contributed by atoms with Gasteiger partial charge in [-0.05, 0) is 73.5 Å². The molecular formula is C28H32N6. The van der Waals surface area contributed by atoms with Gasteiger partial charge >= 0.3 is 0 Å². The van der Waals surface area contributed by atoms with Crippen LogP contribution in [0.4, 0.5) is 22.7 Å². The van der Waals surface area contributed by atoms with E-state index in [-0.39, 0.29) is 0 Å². The molecule has 3 rings (SSSR count). The van der Waals surface area contributed by atoms with Crippen LogP contribution in [0.25, 0.3) is 0 Å². The standard InChI is InChI=1S/C28H32N6/c1-21(33(3)4)31-27-15-11-25(12-16-27)29-19-23-7-9-24(10-8-23)20-30-26-13-17-28(18-14-26)32-22(2)34(5)6/h7-20H,1-6H3/b29-19+,30-20+,31-21-,32-22-. The highest BCUT2D eigenvalue weighted by Crippen LogP contribution is 2.20. The average molecular weight is 453 g/mol. The van der Waals surface area contributed by atoms with E-state index >= 15 is 0 Å². The summed E-state index contributed by atoms with van der Waals surface area (Å²) in [5.74, 6) is 1.92. The molecule has 6 nitrogen and oxygen atoms in total. The molecule has 0 amide bonds. The van der Waals surface area contributed by atoms with Crippen molar-refractivity contribution in [2.24, 2.45) is 20.0 Å². The van der Waals surface area contributed by atoms with Gasteiger partial charge in [0.2, 0.25) is 0 Å². The number of rotatable bonds is 6. The van der Waals surface area contributed by atoms with Crippen LogP contribution in [0, 0.1) is 0 Å². The molecule has 0 atom stereocenters. The lowest BCUT2D eigenvalue weighted by Crippen LogP contribution is -2.17. The van der Waals surface area contributed by atoms with Gasteiger partial charge in [0.15, 0.2) is 0 Å². The molecule has 0 saturated carbocycles. The highest BCUT2D eigenvalue weighted by molar-refractivity contribution is 5.86. The summed E-state index contributed by atoms with van der Waals surface area (Å²) in [5, 5.41) is 0. The van der Waals surface area contributed by atoms with Crippen LogP contribution < -0.4 is 0 Å². The molecule has 0 fully saturated rings. The largest absolute Gasteiger partial charge is 0.366 e. The van der Waals surface area contributed by atoms with Gasteiger partial charge in [-0.3, -0.25) is 9.98 Å². The highest BCUT2D eigenvalue weighted by atomic mass is 15.1. The Kier molecular flexibility index (Phi) is 8.46. The quantitative estimate of drug-likeness (QED) is 0.320. The summed E-state index contributed by atoms with van der Waals surface area (Å²) in [7, 11) is 7.93. The van der Waals surface area contributed by atoms with Crippen molar-refractivity contribution < 1.29 is 0 Å². The van der Waals surface area contributed by atoms with Crippen molar-refractivity contribution >= 4 is 46.8 Å². The Morgan fingerprint density at radius 3 is 1.09 bits per heavy atom. The Hall–Kier alpha value is -4.06. The first-order valence-corrected chi connectivity index (χ1v) is 11.1. The van der Waals surface area contributed by atoms with Crippen LogP contribution in [0.2, 0.25) is 0 Å². The smallest absolute Gasteiger partial charge is 0.101 e. The first kappa shape index (κ1) is 24.6. The molecule has 3 aromatic carbocycles. The molecule has 0 aromatic heterocycles. The predicted octanol–water partition coefficient (Wildman–Crippen LogP) is 6.41. The van der Waals surface area contributed by atoms with Gasteiger partial charge in [-0.15, -0.1) is 0 Å². The monoisotopic (exact) mass is 452 g/mol. The molecule has 0 heterocycles. The van der Waals surface area contributed by atoms with Crippen LogP contribution in [-0.2, 0) is 0 Å². The van der Waals surface area contributed by atoms with Crippen molar-refractivity contribution in [3.05, 3.63) is 83.9 Å². The first-order chi connectivity index (χ1) is 16.3. The number of amidine groups is 2. The van der Waals surface area contributed by atoms with Crippen LogP contribution in [0.5, 0.6) is 0 Å². The zero-order chi connectivity index (χ0) is 24.5. The summed E-state index contributed by atoms with van der Waals surface area (Å²) in [6, 6.07) is 23.9. The Balaban J connectivity index is 1.60. The maximum absolute atomic E-state index is 4.56. The molecule has 0 aliphatic carbocycles. The van der Waals surface area contributed by atoms with E-state index in [1.807, 2.05) is 137 Å². The number of hydrogen-bond acceptors (Lipinski definition) is 4. The second-order valence-corrected chi connectivity index (χ2v) is 8.32. The van der Waals surface area contributed by atoms with Crippen molar-refractivity contribution in [3.8, 4) is 0 Å². The van der Waals surface area contributed by atoms with Crippen LogP contribution in [0.3, 0.4) is 0 Å². The zero-order valence-electron chi connectivity index (χ0n) is 20.8. The van der Waals surface area contributed by atoms with Gasteiger partial charge in [-0.25, -0.2) is 9.98 Å². The fourth-order valence-corrected chi connectivity index (χ4v) is 2.77. The molecule has 3 aromatic rings. The maximum Gasteiger partial charge on any atom is 0.101 e. The Morgan fingerprint density at radius 2 is 0.794 bits per heavy atom. The minimum atomic E-state index is 0.889. The van der Waals surface area contributed by atoms with Gasteiger partial charge in [0, 0.05) is 40.6 Å². The summed E-state index contributed by atoms with van der Waals surface area (Å²) in [4.78, 5) is 22.2. The van der Waals surface area contributed by atoms with Crippen molar-refractivity contribution in [2.75, 3.05) is 28.2 Å². The van der Waals surface area contributed by atoms with E-state index in [4.69, 9.17) is 0 Å². The van der Waals surface area contributed by atoms with Crippen molar-refractivity contribution in [1.82, 2.24) is 9.80 Å². The Bertz CT molecular complexity index is 1090. The summed E-state index contributed by atoms with van der Waals surface area (Å²) in [6.45, 7) is 3.97. The van der Waals surface area contributed by atoms with Gasteiger partial charge in [0.1, 0.15) is 11.7 Å². The average Bonchev–Trinajstić information content (AvgIpc) is 2.83. The summed E-state index contributed by atoms with van der Waals surface area (Å²) < 4.78 is 0. The molecule has 0 radical (unpaired) electrons. The molecule has 0 saturated heterocycles. The third-order valence-electron chi connectivity index (χ3n) is 5.24. The number of aliphatic imine (C=N–C) groups is 4. The number of benzene rings is 3. The topological polar surface area (TPSA) is 55.9 Å². The second-order valence-electron chi connectivity index (χ2n) is 8.32. The maximum atomic E-state index is 4.56. The summed E-state index contributed by atoms with van der Waals surface area (Å²) in [6.07, 6.45) is 3.72. The van der Waals surface area contributed by atoms with Crippen LogP contribution in [0.1, 0.15) is 25.0 Å².